The fraction of sp³-hybridized carbons (Fsp3) is 0.375. The molecule has 0 bridgehead atoms. The van der Waals surface area contributed by atoms with E-state index in [4.69, 9.17) is 5.11 Å². The van der Waals surface area contributed by atoms with E-state index in [-0.39, 0.29) is 5.56 Å². The molecule has 0 spiro atoms. The van der Waals surface area contributed by atoms with Crippen LogP contribution in [0.5, 0.6) is 0 Å². The molecule has 1 aromatic heterocycles. The molecule has 0 atom stereocenters. The summed E-state index contributed by atoms with van der Waals surface area (Å²) in [5.74, 6) is 0.406. The summed E-state index contributed by atoms with van der Waals surface area (Å²) in [6.07, 6.45) is 3.31. The van der Waals surface area contributed by atoms with Crippen molar-refractivity contribution in [1.29, 1.82) is 0 Å². The van der Waals surface area contributed by atoms with E-state index in [0.717, 1.165) is 0 Å². The average Bonchev–Trinajstić information content (AvgIpc) is 2.04. The number of carbonyl (C=O) groups is 1. The van der Waals surface area contributed by atoms with Crippen molar-refractivity contribution >= 4 is 17.7 Å². The average molecular weight is 198 g/mol. The van der Waals surface area contributed by atoms with Crippen molar-refractivity contribution in [3.63, 3.8) is 0 Å². The van der Waals surface area contributed by atoms with E-state index >= 15 is 0 Å². The van der Waals surface area contributed by atoms with Crippen LogP contribution in [0.4, 0.5) is 0 Å². The van der Waals surface area contributed by atoms with E-state index in [1.807, 2.05) is 6.26 Å². The summed E-state index contributed by atoms with van der Waals surface area (Å²) in [5, 5.41) is 8.70. The van der Waals surface area contributed by atoms with Crippen molar-refractivity contribution in [2.45, 2.75) is 12.7 Å². The predicted molar refractivity (Wildman–Crippen MR) is 50.9 cm³/mol. The lowest BCUT2D eigenvalue weighted by atomic mass is 10.2. The number of hydrogen-bond acceptors (Lipinski definition) is 4. The number of rotatable bonds is 3. The molecular weight excluding hydrogens is 188 g/mol. The second-order valence-corrected chi connectivity index (χ2v) is 3.39. The Morgan fingerprint density at radius 3 is 2.85 bits per heavy atom. The highest BCUT2D eigenvalue weighted by Gasteiger charge is 2.08. The number of carboxylic acids is 1. The van der Waals surface area contributed by atoms with E-state index < -0.39 is 5.97 Å². The van der Waals surface area contributed by atoms with Crippen molar-refractivity contribution in [2.75, 3.05) is 6.26 Å². The van der Waals surface area contributed by atoms with Gasteiger partial charge in [0.15, 0.2) is 0 Å². The summed E-state index contributed by atoms with van der Waals surface area (Å²) < 4.78 is 0. The van der Waals surface area contributed by atoms with E-state index in [2.05, 4.69) is 9.97 Å². The number of aromatic nitrogens is 2. The Morgan fingerprint density at radius 2 is 2.38 bits per heavy atom. The van der Waals surface area contributed by atoms with E-state index in [0.29, 0.717) is 17.3 Å². The Kier molecular flexibility index (Phi) is 3.25. The van der Waals surface area contributed by atoms with Gasteiger partial charge in [-0.15, -0.1) is 0 Å². The van der Waals surface area contributed by atoms with Crippen LogP contribution in [-0.2, 0) is 5.75 Å². The Morgan fingerprint density at radius 1 is 1.69 bits per heavy atom. The van der Waals surface area contributed by atoms with Crippen LogP contribution in [0.3, 0.4) is 0 Å². The van der Waals surface area contributed by atoms with E-state index in [1.54, 1.807) is 18.7 Å². The zero-order valence-electron chi connectivity index (χ0n) is 7.44. The monoisotopic (exact) mass is 198 g/mol. The third-order valence-electron chi connectivity index (χ3n) is 1.53. The van der Waals surface area contributed by atoms with Gasteiger partial charge in [0.25, 0.3) is 0 Å². The van der Waals surface area contributed by atoms with Gasteiger partial charge in [0.05, 0.1) is 17.0 Å². The van der Waals surface area contributed by atoms with Gasteiger partial charge in [0.1, 0.15) is 5.82 Å². The highest BCUT2D eigenvalue weighted by Crippen LogP contribution is 2.07. The molecule has 13 heavy (non-hydrogen) atoms. The smallest absolute Gasteiger partial charge is 0.339 e. The molecule has 0 amide bonds. The summed E-state index contributed by atoms with van der Waals surface area (Å²) in [6, 6.07) is 0. The van der Waals surface area contributed by atoms with Crippen LogP contribution in [0.25, 0.3) is 0 Å². The van der Waals surface area contributed by atoms with Gasteiger partial charge in [0, 0.05) is 6.20 Å². The molecule has 1 aromatic rings. The van der Waals surface area contributed by atoms with E-state index in [1.165, 1.54) is 6.20 Å². The molecule has 0 radical (unpaired) electrons. The lowest BCUT2D eigenvalue weighted by Gasteiger charge is -2.01. The second kappa shape index (κ2) is 4.23. The van der Waals surface area contributed by atoms with Crippen LogP contribution < -0.4 is 0 Å². The molecule has 5 heteroatoms. The van der Waals surface area contributed by atoms with Crippen molar-refractivity contribution in [1.82, 2.24) is 9.97 Å². The fourth-order valence-electron chi connectivity index (χ4n) is 0.924. The zero-order chi connectivity index (χ0) is 9.84. The third kappa shape index (κ3) is 2.42. The van der Waals surface area contributed by atoms with Crippen LogP contribution in [0.2, 0.25) is 0 Å². The summed E-state index contributed by atoms with van der Waals surface area (Å²) in [4.78, 5) is 18.6. The SMILES string of the molecule is CSCc1ncc(C(=O)O)c(C)n1. The molecule has 0 fully saturated rings. The number of aromatic carboxylic acids is 1. The molecule has 0 aliphatic heterocycles. The minimum atomic E-state index is -0.979. The number of nitrogens with zero attached hydrogens (tertiary/aromatic N) is 2. The molecule has 70 valence electrons. The molecule has 0 aliphatic carbocycles. The van der Waals surface area contributed by atoms with Crippen molar-refractivity contribution in [3.8, 4) is 0 Å². The van der Waals surface area contributed by atoms with Crippen molar-refractivity contribution < 1.29 is 9.90 Å². The molecule has 0 aromatic carbocycles. The maximum atomic E-state index is 10.6. The first-order valence-electron chi connectivity index (χ1n) is 3.70. The lowest BCUT2D eigenvalue weighted by Crippen LogP contribution is -2.05. The number of thioether (sulfide) groups is 1. The number of carboxylic acid groups (broad SMARTS) is 1. The molecular formula is C8H10N2O2S. The quantitative estimate of drug-likeness (QED) is 0.794. The highest BCUT2D eigenvalue weighted by molar-refractivity contribution is 7.97. The fourth-order valence-corrected chi connectivity index (χ4v) is 1.32. The van der Waals surface area contributed by atoms with Crippen LogP contribution in [0.1, 0.15) is 21.9 Å². The van der Waals surface area contributed by atoms with Gasteiger partial charge in [-0.2, -0.15) is 11.8 Å². The van der Waals surface area contributed by atoms with Gasteiger partial charge in [-0.3, -0.25) is 0 Å². The Bertz CT molecular complexity index is 328. The Balaban J connectivity index is 2.98. The summed E-state index contributed by atoms with van der Waals surface area (Å²) in [5.41, 5.74) is 0.691. The van der Waals surface area contributed by atoms with Crippen LogP contribution in [0.15, 0.2) is 6.20 Å². The summed E-state index contributed by atoms with van der Waals surface area (Å²) >= 11 is 1.61. The van der Waals surface area contributed by atoms with Crippen LogP contribution in [-0.4, -0.2) is 27.3 Å². The van der Waals surface area contributed by atoms with Crippen molar-refractivity contribution in [2.24, 2.45) is 0 Å². The minimum absolute atomic E-state index is 0.171. The molecule has 1 heterocycles. The van der Waals surface area contributed by atoms with Gasteiger partial charge in [0.2, 0.25) is 0 Å². The first-order chi connectivity index (χ1) is 6.15. The molecule has 0 saturated heterocycles. The lowest BCUT2D eigenvalue weighted by molar-refractivity contribution is 0.0695. The topological polar surface area (TPSA) is 63.1 Å². The second-order valence-electron chi connectivity index (χ2n) is 2.52. The Labute approximate surface area is 80.4 Å². The maximum absolute atomic E-state index is 10.6. The van der Waals surface area contributed by atoms with Crippen LogP contribution >= 0.6 is 11.8 Å². The Hall–Kier alpha value is -1.10. The molecule has 0 aliphatic rings. The van der Waals surface area contributed by atoms with Gasteiger partial charge in [-0.05, 0) is 13.2 Å². The van der Waals surface area contributed by atoms with Gasteiger partial charge < -0.3 is 5.11 Å². The third-order valence-corrected chi connectivity index (χ3v) is 2.08. The first-order valence-corrected chi connectivity index (χ1v) is 5.09. The molecule has 1 rings (SSSR count). The number of aryl methyl sites for hydroxylation is 1. The van der Waals surface area contributed by atoms with Crippen LogP contribution in [0, 0.1) is 6.92 Å². The number of hydrogen-bond donors (Lipinski definition) is 1. The first kappa shape index (κ1) is 9.98. The van der Waals surface area contributed by atoms with Gasteiger partial charge >= 0.3 is 5.97 Å². The molecule has 1 N–H and O–H groups in total. The van der Waals surface area contributed by atoms with Gasteiger partial charge in [-0.1, -0.05) is 0 Å². The maximum Gasteiger partial charge on any atom is 0.339 e. The normalized spacial score (nSPS) is 10.0. The molecule has 0 unspecified atom stereocenters. The molecule has 4 nitrogen and oxygen atoms in total. The van der Waals surface area contributed by atoms with Gasteiger partial charge in [-0.25, -0.2) is 14.8 Å². The highest BCUT2D eigenvalue weighted by atomic mass is 32.2. The minimum Gasteiger partial charge on any atom is -0.478 e. The van der Waals surface area contributed by atoms with Crippen molar-refractivity contribution in [3.05, 3.63) is 23.3 Å². The molecule has 0 saturated carbocycles. The summed E-state index contributed by atoms with van der Waals surface area (Å²) in [6.45, 7) is 1.68. The standard InChI is InChI=1S/C8H10N2O2S/c1-5-6(8(11)12)3-9-7(10-5)4-13-2/h3H,4H2,1-2H3,(H,11,12). The summed E-state index contributed by atoms with van der Waals surface area (Å²) in [7, 11) is 0. The predicted octanol–water partition coefficient (Wildman–Crippen LogP) is 1.35. The largest absolute Gasteiger partial charge is 0.478 e. The van der Waals surface area contributed by atoms with E-state index in [9.17, 15) is 4.79 Å². The zero-order valence-corrected chi connectivity index (χ0v) is 8.26.